The number of allylic oxidation sites excluding steroid dienone is 1. The van der Waals surface area contributed by atoms with Crippen LogP contribution in [0, 0.1) is 5.92 Å². The molecule has 0 radical (unpaired) electrons. The van der Waals surface area contributed by atoms with Crippen LogP contribution < -0.4 is 5.32 Å². The van der Waals surface area contributed by atoms with Gasteiger partial charge in [-0.3, -0.25) is 0 Å². The van der Waals surface area contributed by atoms with Gasteiger partial charge in [0.1, 0.15) is 0 Å². The van der Waals surface area contributed by atoms with Crippen LogP contribution in [0.1, 0.15) is 40.0 Å². The fraction of sp³-hybridized carbons (Fsp3) is 0.800. The van der Waals surface area contributed by atoms with Crippen LogP contribution in [-0.4, -0.2) is 6.54 Å². The quantitative estimate of drug-likeness (QED) is 0.622. The van der Waals surface area contributed by atoms with Gasteiger partial charge in [-0.1, -0.05) is 27.4 Å². The van der Waals surface area contributed by atoms with Crippen LogP contribution >= 0.6 is 0 Å². The third-order valence-corrected chi connectivity index (χ3v) is 1.65. The Morgan fingerprint density at radius 3 is 2.55 bits per heavy atom. The Morgan fingerprint density at radius 1 is 1.45 bits per heavy atom. The minimum atomic E-state index is 0.787. The van der Waals surface area contributed by atoms with E-state index in [9.17, 15) is 0 Å². The average molecular weight is 155 g/mol. The average Bonchev–Trinajstić information content (AvgIpc) is 1.97. The summed E-state index contributed by atoms with van der Waals surface area (Å²) in [6.45, 7) is 11.7. The molecule has 66 valence electrons. The largest absolute Gasteiger partial charge is 0.389 e. The lowest BCUT2D eigenvalue weighted by atomic mass is 10.1. The smallest absolute Gasteiger partial charge is 0.0141 e. The highest BCUT2D eigenvalue weighted by Gasteiger charge is 1.95. The van der Waals surface area contributed by atoms with Crippen molar-refractivity contribution in [3.63, 3.8) is 0 Å². The van der Waals surface area contributed by atoms with Gasteiger partial charge in [0.15, 0.2) is 0 Å². The van der Waals surface area contributed by atoms with E-state index in [2.05, 4.69) is 32.7 Å². The molecule has 0 saturated carbocycles. The van der Waals surface area contributed by atoms with Crippen molar-refractivity contribution in [3.05, 3.63) is 12.3 Å². The van der Waals surface area contributed by atoms with Crippen LogP contribution in [0.3, 0.4) is 0 Å². The normalized spacial score (nSPS) is 10.2. The Bertz CT molecular complexity index is 105. The summed E-state index contributed by atoms with van der Waals surface area (Å²) in [7, 11) is 0. The van der Waals surface area contributed by atoms with Gasteiger partial charge < -0.3 is 5.32 Å². The zero-order chi connectivity index (χ0) is 8.69. The minimum Gasteiger partial charge on any atom is -0.389 e. The molecule has 0 heterocycles. The first-order chi connectivity index (χ1) is 5.16. The van der Waals surface area contributed by atoms with Crippen LogP contribution in [0.15, 0.2) is 12.3 Å². The topological polar surface area (TPSA) is 12.0 Å². The molecule has 0 fully saturated rings. The molecule has 0 amide bonds. The van der Waals surface area contributed by atoms with Crippen LogP contribution in [0.4, 0.5) is 0 Å². The third kappa shape index (κ3) is 7.44. The van der Waals surface area contributed by atoms with Crippen LogP contribution in [-0.2, 0) is 0 Å². The van der Waals surface area contributed by atoms with Gasteiger partial charge in [-0.2, -0.15) is 0 Å². The number of nitrogens with one attached hydrogen (secondary N) is 1. The van der Waals surface area contributed by atoms with Gasteiger partial charge in [-0.25, -0.2) is 0 Å². The summed E-state index contributed by atoms with van der Waals surface area (Å²) in [4.78, 5) is 0. The molecular weight excluding hydrogens is 134 g/mol. The van der Waals surface area contributed by atoms with Gasteiger partial charge in [0.2, 0.25) is 0 Å². The molecule has 0 rings (SSSR count). The number of hydrogen-bond acceptors (Lipinski definition) is 1. The van der Waals surface area contributed by atoms with Crippen molar-refractivity contribution >= 4 is 0 Å². The van der Waals surface area contributed by atoms with Gasteiger partial charge in [0.25, 0.3) is 0 Å². The van der Waals surface area contributed by atoms with Crippen molar-refractivity contribution in [1.82, 2.24) is 5.32 Å². The first kappa shape index (κ1) is 10.5. The second kappa shape index (κ2) is 6.26. The highest BCUT2D eigenvalue weighted by Crippen LogP contribution is 2.07. The van der Waals surface area contributed by atoms with Crippen LogP contribution in [0.25, 0.3) is 0 Å². The summed E-state index contributed by atoms with van der Waals surface area (Å²) >= 11 is 0. The lowest BCUT2D eigenvalue weighted by Gasteiger charge is -2.09. The standard InChI is InChI=1S/C10H21N/c1-5-8-11-10(4)7-6-9(2)3/h9,11H,4-8H2,1-3H3. The van der Waals surface area contributed by atoms with E-state index in [0.29, 0.717) is 0 Å². The fourth-order valence-corrected chi connectivity index (χ4v) is 0.853. The Morgan fingerprint density at radius 2 is 2.09 bits per heavy atom. The molecule has 0 aliphatic carbocycles. The van der Waals surface area contributed by atoms with Gasteiger partial charge in [0, 0.05) is 12.2 Å². The Hall–Kier alpha value is -0.460. The minimum absolute atomic E-state index is 0.787. The molecule has 1 N–H and O–H groups in total. The van der Waals surface area contributed by atoms with E-state index < -0.39 is 0 Å². The summed E-state index contributed by atoms with van der Waals surface area (Å²) in [5, 5.41) is 3.29. The monoisotopic (exact) mass is 155 g/mol. The van der Waals surface area contributed by atoms with E-state index in [4.69, 9.17) is 0 Å². The van der Waals surface area contributed by atoms with E-state index in [1.807, 2.05) is 0 Å². The SMILES string of the molecule is C=C(CCC(C)C)NCCC. The maximum absolute atomic E-state index is 3.95. The van der Waals surface area contributed by atoms with Gasteiger partial charge in [-0.05, 0) is 25.2 Å². The Balaban J connectivity index is 3.23. The maximum Gasteiger partial charge on any atom is 0.0141 e. The number of rotatable bonds is 6. The molecule has 0 aromatic rings. The molecule has 0 aliphatic heterocycles. The molecule has 0 atom stereocenters. The first-order valence-electron chi connectivity index (χ1n) is 4.58. The molecular formula is C10H21N. The molecule has 0 aromatic heterocycles. The van der Waals surface area contributed by atoms with E-state index in [0.717, 1.165) is 18.9 Å². The summed E-state index contributed by atoms with van der Waals surface area (Å²) in [5.74, 6) is 0.787. The molecule has 0 aromatic carbocycles. The lowest BCUT2D eigenvalue weighted by molar-refractivity contribution is 0.567. The van der Waals surface area contributed by atoms with Gasteiger partial charge >= 0.3 is 0 Å². The molecule has 11 heavy (non-hydrogen) atoms. The zero-order valence-electron chi connectivity index (χ0n) is 8.11. The highest BCUT2D eigenvalue weighted by atomic mass is 14.9. The van der Waals surface area contributed by atoms with Crippen molar-refractivity contribution in [2.24, 2.45) is 5.92 Å². The second-order valence-corrected chi connectivity index (χ2v) is 3.46. The number of hydrogen-bond donors (Lipinski definition) is 1. The Kier molecular flexibility index (Phi) is 6.00. The van der Waals surface area contributed by atoms with E-state index in [1.54, 1.807) is 0 Å². The molecule has 0 bridgehead atoms. The van der Waals surface area contributed by atoms with Gasteiger partial charge in [-0.15, -0.1) is 0 Å². The zero-order valence-corrected chi connectivity index (χ0v) is 8.11. The molecule has 0 unspecified atom stereocenters. The fourth-order valence-electron chi connectivity index (χ4n) is 0.853. The highest BCUT2D eigenvalue weighted by molar-refractivity contribution is 4.90. The summed E-state index contributed by atoms with van der Waals surface area (Å²) in [5.41, 5.74) is 1.19. The molecule has 1 nitrogen and oxygen atoms in total. The third-order valence-electron chi connectivity index (χ3n) is 1.65. The van der Waals surface area contributed by atoms with Crippen molar-refractivity contribution < 1.29 is 0 Å². The van der Waals surface area contributed by atoms with E-state index in [-0.39, 0.29) is 0 Å². The Labute approximate surface area is 70.9 Å². The van der Waals surface area contributed by atoms with Crippen LogP contribution in [0.5, 0.6) is 0 Å². The van der Waals surface area contributed by atoms with E-state index >= 15 is 0 Å². The molecule has 0 aliphatic rings. The first-order valence-corrected chi connectivity index (χ1v) is 4.58. The summed E-state index contributed by atoms with van der Waals surface area (Å²) in [6.07, 6.45) is 3.55. The van der Waals surface area contributed by atoms with Gasteiger partial charge in [0.05, 0.1) is 0 Å². The van der Waals surface area contributed by atoms with Crippen LogP contribution in [0.2, 0.25) is 0 Å². The van der Waals surface area contributed by atoms with Crippen molar-refractivity contribution in [1.29, 1.82) is 0 Å². The van der Waals surface area contributed by atoms with Crippen molar-refractivity contribution in [3.8, 4) is 0 Å². The predicted molar refractivity (Wildman–Crippen MR) is 51.5 cm³/mol. The molecule has 0 spiro atoms. The summed E-state index contributed by atoms with van der Waals surface area (Å²) < 4.78 is 0. The predicted octanol–water partition coefficient (Wildman–Crippen LogP) is 2.94. The molecule has 0 saturated heterocycles. The lowest BCUT2D eigenvalue weighted by Crippen LogP contribution is -2.13. The van der Waals surface area contributed by atoms with E-state index in [1.165, 1.54) is 18.5 Å². The van der Waals surface area contributed by atoms with Crippen molar-refractivity contribution in [2.45, 2.75) is 40.0 Å². The second-order valence-electron chi connectivity index (χ2n) is 3.46. The molecule has 1 heteroatoms. The summed E-state index contributed by atoms with van der Waals surface area (Å²) in [6, 6.07) is 0. The van der Waals surface area contributed by atoms with Crippen molar-refractivity contribution in [2.75, 3.05) is 6.54 Å². The maximum atomic E-state index is 3.95.